The molecule has 0 saturated heterocycles. The van der Waals surface area contributed by atoms with Gasteiger partial charge in [-0.2, -0.15) is 0 Å². The molecule has 0 aromatic carbocycles. The summed E-state index contributed by atoms with van der Waals surface area (Å²) in [5, 5.41) is 7.64. The molecule has 86 valence electrons. The SMILES string of the molecule is CC(C)CNC(=S)N[C@H]1C[C@H]2CC[C@@H]1C2. The van der Waals surface area contributed by atoms with Gasteiger partial charge in [-0.1, -0.05) is 20.3 Å². The zero-order chi connectivity index (χ0) is 10.8. The fraction of sp³-hybridized carbons (Fsp3) is 0.917. The van der Waals surface area contributed by atoms with Gasteiger partial charge in [0.2, 0.25) is 0 Å². The van der Waals surface area contributed by atoms with Crippen LogP contribution in [-0.2, 0) is 0 Å². The third-order valence-electron chi connectivity index (χ3n) is 3.73. The van der Waals surface area contributed by atoms with Gasteiger partial charge in [-0.25, -0.2) is 0 Å². The van der Waals surface area contributed by atoms with Crippen molar-refractivity contribution < 1.29 is 0 Å². The van der Waals surface area contributed by atoms with Gasteiger partial charge in [0.15, 0.2) is 5.11 Å². The largest absolute Gasteiger partial charge is 0.362 e. The van der Waals surface area contributed by atoms with Crippen LogP contribution in [0.5, 0.6) is 0 Å². The van der Waals surface area contributed by atoms with Crippen LogP contribution in [0.3, 0.4) is 0 Å². The fourth-order valence-corrected chi connectivity index (χ4v) is 3.17. The van der Waals surface area contributed by atoms with Crippen LogP contribution in [-0.4, -0.2) is 17.7 Å². The zero-order valence-electron chi connectivity index (χ0n) is 9.75. The molecule has 0 aromatic rings. The minimum Gasteiger partial charge on any atom is -0.362 e. The zero-order valence-corrected chi connectivity index (χ0v) is 10.6. The van der Waals surface area contributed by atoms with Crippen molar-refractivity contribution in [1.29, 1.82) is 0 Å². The Hall–Kier alpha value is -0.310. The van der Waals surface area contributed by atoms with Gasteiger partial charge < -0.3 is 10.6 Å². The average molecular weight is 226 g/mol. The van der Waals surface area contributed by atoms with Crippen LogP contribution in [0.4, 0.5) is 0 Å². The van der Waals surface area contributed by atoms with Crippen molar-refractivity contribution in [2.24, 2.45) is 17.8 Å². The van der Waals surface area contributed by atoms with E-state index in [1.165, 1.54) is 25.7 Å². The lowest BCUT2D eigenvalue weighted by Crippen LogP contribution is -2.45. The van der Waals surface area contributed by atoms with Gasteiger partial charge in [0.05, 0.1) is 0 Å². The van der Waals surface area contributed by atoms with E-state index in [4.69, 9.17) is 12.2 Å². The molecular formula is C12H22N2S. The standard InChI is InChI=1S/C12H22N2S/c1-8(2)7-13-12(15)14-11-6-9-3-4-10(11)5-9/h8-11H,3-7H2,1-2H3,(H2,13,14,15)/t9-,10+,11-/m0/s1. The van der Waals surface area contributed by atoms with Gasteiger partial charge in [0, 0.05) is 12.6 Å². The lowest BCUT2D eigenvalue weighted by Gasteiger charge is -2.24. The van der Waals surface area contributed by atoms with E-state index in [9.17, 15) is 0 Å². The molecule has 0 unspecified atom stereocenters. The van der Waals surface area contributed by atoms with Crippen LogP contribution in [0.1, 0.15) is 39.5 Å². The summed E-state index contributed by atoms with van der Waals surface area (Å²) < 4.78 is 0. The Morgan fingerprint density at radius 3 is 2.67 bits per heavy atom. The molecule has 2 saturated carbocycles. The van der Waals surface area contributed by atoms with E-state index in [1.807, 2.05) is 0 Å². The highest BCUT2D eigenvalue weighted by Crippen LogP contribution is 2.44. The molecule has 0 amide bonds. The van der Waals surface area contributed by atoms with Crippen molar-refractivity contribution in [3.63, 3.8) is 0 Å². The van der Waals surface area contributed by atoms with E-state index in [0.717, 1.165) is 23.5 Å². The van der Waals surface area contributed by atoms with Crippen LogP contribution < -0.4 is 10.6 Å². The van der Waals surface area contributed by atoms with E-state index in [1.54, 1.807) is 0 Å². The molecule has 3 heteroatoms. The van der Waals surface area contributed by atoms with Crippen molar-refractivity contribution in [2.75, 3.05) is 6.54 Å². The monoisotopic (exact) mass is 226 g/mol. The highest BCUT2D eigenvalue weighted by Gasteiger charge is 2.39. The lowest BCUT2D eigenvalue weighted by atomic mass is 9.96. The van der Waals surface area contributed by atoms with Crippen LogP contribution in [0, 0.1) is 17.8 Å². The Morgan fingerprint density at radius 2 is 2.13 bits per heavy atom. The first kappa shape index (κ1) is 11.2. The normalized spacial score (nSPS) is 33.4. The molecule has 2 nitrogen and oxygen atoms in total. The fourth-order valence-electron chi connectivity index (χ4n) is 2.94. The predicted octanol–water partition coefficient (Wildman–Crippen LogP) is 2.30. The molecule has 2 aliphatic rings. The summed E-state index contributed by atoms with van der Waals surface area (Å²) in [6.45, 7) is 5.38. The topological polar surface area (TPSA) is 24.1 Å². The van der Waals surface area contributed by atoms with Crippen LogP contribution in [0.25, 0.3) is 0 Å². The Kier molecular flexibility index (Phi) is 3.49. The van der Waals surface area contributed by atoms with Gasteiger partial charge in [0.1, 0.15) is 0 Å². The maximum absolute atomic E-state index is 5.30. The first-order chi connectivity index (χ1) is 7.15. The summed E-state index contributed by atoms with van der Waals surface area (Å²) in [6.07, 6.45) is 5.64. The Labute approximate surface area is 98.2 Å². The number of hydrogen-bond donors (Lipinski definition) is 2. The maximum atomic E-state index is 5.30. The predicted molar refractivity (Wildman–Crippen MR) is 67.8 cm³/mol. The highest BCUT2D eigenvalue weighted by atomic mass is 32.1. The van der Waals surface area contributed by atoms with Crippen LogP contribution in [0.2, 0.25) is 0 Å². The minimum absolute atomic E-state index is 0.657. The molecule has 2 rings (SSSR count). The second kappa shape index (κ2) is 4.69. The Balaban J connectivity index is 1.71. The lowest BCUT2D eigenvalue weighted by molar-refractivity contribution is 0.388. The summed E-state index contributed by atoms with van der Waals surface area (Å²) in [4.78, 5) is 0. The minimum atomic E-state index is 0.657. The van der Waals surface area contributed by atoms with Crippen LogP contribution in [0.15, 0.2) is 0 Å². The first-order valence-electron chi connectivity index (χ1n) is 6.19. The van der Waals surface area contributed by atoms with Crippen molar-refractivity contribution >= 4 is 17.3 Å². The van der Waals surface area contributed by atoms with E-state index in [-0.39, 0.29) is 0 Å². The number of hydrogen-bond acceptors (Lipinski definition) is 1. The molecule has 0 aliphatic heterocycles. The van der Waals surface area contributed by atoms with E-state index >= 15 is 0 Å². The van der Waals surface area contributed by atoms with Crippen molar-refractivity contribution in [1.82, 2.24) is 10.6 Å². The molecule has 2 bridgehead atoms. The summed E-state index contributed by atoms with van der Waals surface area (Å²) in [6, 6.07) is 0.663. The van der Waals surface area contributed by atoms with Gasteiger partial charge in [-0.15, -0.1) is 0 Å². The number of rotatable bonds is 3. The third kappa shape index (κ3) is 2.83. The van der Waals surface area contributed by atoms with Gasteiger partial charge in [-0.05, 0) is 49.2 Å². The summed E-state index contributed by atoms with van der Waals surface area (Å²) >= 11 is 5.30. The molecule has 0 radical (unpaired) electrons. The summed E-state index contributed by atoms with van der Waals surface area (Å²) in [7, 11) is 0. The molecule has 15 heavy (non-hydrogen) atoms. The molecule has 2 aliphatic carbocycles. The summed E-state index contributed by atoms with van der Waals surface area (Å²) in [5.74, 6) is 2.54. The molecule has 0 spiro atoms. The number of nitrogens with one attached hydrogen (secondary N) is 2. The maximum Gasteiger partial charge on any atom is 0.166 e. The molecule has 0 heterocycles. The molecule has 3 atom stereocenters. The third-order valence-corrected chi connectivity index (χ3v) is 3.99. The van der Waals surface area contributed by atoms with Gasteiger partial charge in [-0.3, -0.25) is 0 Å². The van der Waals surface area contributed by atoms with Gasteiger partial charge >= 0.3 is 0 Å². The quantitative estimate of drug-likeness (QED) is 0.722. The summed E-state index contributed by atoms with van der Waals surface area (Å²) in [5.41, 5.74) is 0. The van der Waals surface area contributed by atoms with E-state index in [2.05, 4.69) is 24.5 Å². The smallest absolute Gasteiger partial charge is 0.166 e. The van der Waals surface area contributed by atoms with Crippen LogP contribution >= 0.6 is 12.2 Å². The van der Waals surface area contributed by atoms with Crippen molar-refractivity contribution in [3.05, 3.63) is 0 Å². The van der Waals surface area contributed by atoms with E-state index < -0.39 is 0 Å². The average Bonchev–Trinajstić information content (AvgIpc) is 2.76. The molecule has 2 fully saturated rings. The first-order valence-corrected chi connectivity index (χ1v) is 6.60. The molecular weight excluding hydrogens is 204 g/mol. The Bertz CT molecular complexity index is 240. The van der Waals surface area contributed by atoms with E-state index in [0.29, 0.717) is 12.0 Å². The van der Waals surface area contributed by atoms with Gasteiger partial charge in [0.25, 0.3) is 0 Å². The number of fused-ring (bicyclic) bond motifs is 2. The Morgan fingerprint density at radius 1 is 1.33 bits per heavy atom. The van der Waals surface area contributed by atoms with Crippen molar-refractivity contribution in [3.8, 4) is 0 Å². The molecule has 2 N–H and O–H groups in total. The molecule has 0 aromatic heterocycles. The van der Waals surface area contributed by atoms with Crippen molar-refractivity contribution in [2.45, 2.75) is 45.6 Å². The second-order valence-corrected chi connectivity index (χ2v) is 5.94. The second-order valence-electron chi connectivity index (χ2n) is 5.53. The number of thiocarbonyl (C=S) groups is 1. The highest BCUT2D eigenvalue weighted by molar-refractivity contribution is 7.80.